The monoisotopic (exact) mass is 391 g/mol. The summed E-state index contributed by atoms with van der Waals surface area (Å²) in [5.41, 5.74) is 2.04. The van der Waals surface area contributed by atoms with E-state index >= 15 is 0 Å². The van der Waals surface area contributed by atoms with Gasteiger partial charge in [-0.3, -0.25) is 14.6 Å². The number of rotatable bonds is 7. The van der Waals surface area contributed by atoms with E-state index in [-0.39, 0.29) is 11.8 Å². The van der Waals surface area contributed by atoms with Crippen molar-refractivity contribution in [3.63, 3.8) is 0 Å². The second kappa shape index (κ2) is 9.36. The Morgan fingerprint density at radius 3 is 2.14 bits per heavy atom. The zero-order chi connectivity index (χ0) is 20.6. The van der Waals surface area contributed by atoms with E-state index < -0.39 is 0 Å². The van der Waals surface area contributed by atoms with Gasteiger partial charge in [-0.25, -0.2) is 0 Å². The van der Waals surface area contributed by atoms with Gasteiger partial charge in [0.05, 0.1) is 13.7 Å². The van der Waals surface area contributed by atoms with E-state index in [0.717, 1.165) is 0 Å². The standard InChI is InChI=1S/C22H21N3O4/c1-3-29-20-13-16(7-8-19(20)28-2)22(27)25-18-6-4-5-17(14-18)24-21(26)15-9-11-23-12-10-15/h4-14H,3H2,1-2H3,(H,24,26)(H,25,27). The van der Waals surface area contributed by atoms with Gasteiger partial charge in [0.1, 0.15) is 0 Å². The molecule has 0 atom stereocenters. The van der Waals surface area contributed by atoms with E-state index in [2.05, 4.69) is 15.6 Å². The van der Waals surface area contributed by atoms with Gasteiger partial charge in [0.25, 0.3) is 11.8 Å². The number of hydrogen-bond acceptors (Lipinski definition) is 5. The van der Waals surface area contributed by atoms with E-state index in [1.54, 1.807) is 74.1 Å². The fourth-order valence-corrected chi connectivity index (χ4v) is 2.67. The van der Waals surface area contributed by atoms with E-state index in [0.29, 0.717) is 40.6 Å². The molecular formula is C22H21N3O4. The molecule has 7 heteroatoms. The van der Waals surface area contributed by atoms with Crippen molar-refractivity contribution in [3.8, 4) is 11.5 Å². The SMILES string of the molecule is CCOc1cc(C(=O)Nc2cccc(NC(=O)c3ccncc3)c2)ccc1OC. The number of carbonyl (C=O) groups is 2. The maximum Gasteiger partial charge on any atom is 0.255 e. The molecule has 0 aliphatic heterocycles. The molecule has 29 heavy (non-hydrogen) atoms. The topological polar surface area (TPSA) is 89.6 Å². The van der Waals surface area contributed by atoms with Crippen LogP contribution in [0.2, 0.25) is 0 Å². The summed E-state index contributed by atoms with van der Waals surface area (Å²) >= 11 is 0. The average molecular weight is 391 g/mol. The highest BCUT2D eigenvalue weighted by Gasteiger charge is 2.12. The predicted octanol–water partition coefficient (Wildman–Crippen LogP) is 3.99. The average Bonchev–Trinajstić information content (AvgIpc) is 2.75. The molecule has 0 saturated carbocycles. The van der Waals surface area contributed by atoms with Crippen LogP contribution in [0.3, 0.4) is 0 Å². The molecule has 3 rings (SSSR count). The first-order valence-electron chi connectivity index (χ1n) is 9.04. The highest BCUT2D eigenvalue weighted by atomic mass is 16.5. The Balaban J connectivity index is 1.72. The van der Waals surface area contributed by atoms with Gasteiger partial charge in [-0.15, -0.1) is 0 Å². The number of methoxy groups -OCH3 is 1. The summed E-state index contributed by atoms with van der Waals surface area (Å²) in [4.78, 5) is 28.8. The van der Waals surface area contributed by atoms with Crippen LogP contribution >= 0.6 is 0 Å². The van der Waals surface area contributed by atoms with Crippen LogP contribution in [0, 0.1) is 0 Å². The Hall–Kier alpha value is -3.87. The number of benzene rings is 2. The highest BCUT2D eigenvalue weighted by Crippen LogP contribution is 2.28. The molecule has 0 bridgehead atoms. The van der Waals surface area contributed by atoms with Gasteiger partial charge in [-0.05, 0) is 55.5 Å². The van der Waals surface area contributed by atoms with Crippen molar-refractivity contribution in [1.29, 1.82) is 0 Å². The van der Waals surface area contributed by atoms with Crippen LogP contribution < -0.4 is 20.1 Å². The minimum atomic E-state index is -0.300. The van der Waals surface area contributed by atoms with Crippen molar-refractivity contribution >= 4 is 23.2 Å². The van der Waals surface area contributed by atoms with Crippen LogP contribution in [0.4, 0.5) is 11.4 Å². The normalized spacial score (nSPS) is 10.1. The smallest absolute Gasteiger partial charge is 0.255 e. The van der Waals surface area contributed by atoms with Crippen LogP contribution in [0.5, 0.6) is 11.5 Å². The molecule has 0 spiro atoms. The highest BCUT2D eigenvalue weighted by molar-refractivity contribution is 6.06. The summed E-state index contributed by atoms with van der Waals surface area (Å²) in [5.74, 6) is 0.504. The molecule has 7 nitrogen and oxygen atoms in total. The Kier molecular flexibility index (Phi) is 6.42. The molecule has 0 unspecified atom stereocenters. The lowest BCUT2D eigenvalue weighted by atomic mass is 10.1. The van der Waals surface area contributed by atoms with Crippen molar-refractivity contribution in [1.82, 2.24) is 4.98 Å². The molecule has 148 valence electrons. The Bertz CT molecular complexity index is 1010. The van der Waals surface area contributed by atoms with Gasteiger partial charge in [-0.1, -0.05) is 6.07 Å². The van der Waals surface area contributed by atoms with Gasteiger partial charge in [-0.2, -0.15) is 0 Å². The molecule has 1 heterocycles. The zero-order valence-electron chi connectivity index (χ0n) is 16.1. The molecule has 0 radical (unpaired) electrons. The van der Waals surface area contributed by atoms with Gasteiger partial charge in [0.15, 0.2) is 11.5 Å². The number of nitrogens with zero attached hydrogens (tertiary/aromatic N) is 1. The molecular weight excluding hydrogens is 370 g/mol. The van der Waals surface area contributed by atoms with E-state index in [1.807, 2.05) is 6.92 Å². The number of pyridine rings is 1. The fraction of sp³-hybridized carbons (Fsp3) is 0.136. The number of nitrogens with one attached hydrogen (secondary N) is 2. The van der Waals surface area contributed by atoms with E-state index in [9.17, 15) is 9.59 Å². The van der Waals surface area contributed by atoms with Gasteiger partial charge < -0.3 is 20.1 Å². The lowest BCUT2D eigenvalue weighted by Crippen LogP contribution is -2.14. The quantitative estimate of drug-likeness (QED) is 0.636. The number of anilines is 2. The second-order valence-electron chi connectivity index (χ2n) is 6.02. The number of aromatic nitrogens is 1. The van der Waals surface area contributed by atoms with Crippen molar-refractivity contribution in [3.05, 3.63) is 78.1 Å². The molecule has 2 aromatic carbocycles. The second-order valence-corrected chi connectivity index (χ2v) is 6.02. The molecule has 0 saturated heterocycles. The number of carbonyl (C=O) groups excluding carboxylic acids is 2. The largest absolute Gasteiger partial charge is 0.493 e. The Morgan fingerprint density at radius 2 is 1.52 bits per heavy atom. The third kappa shape index (κ3) is 5.10. The van der Waals surface area contributed by atoms with Crippen LogP contribution in [-0.2, 0) is 0 Å². The Morgan fingerprint density at radius 1 is 0.862 bits per heavy atom. The van der Waals surface area contributed by atoms with E-state index in [1.165, 1.54) is 0 Å². The Labute approximate surface area is 168 Å². The minimum absolute atomic E-state index is 0.257. The lowest BCUT2D eigenvalue weighted by molar-refractivity contribution is 0.101. The lowest BCUT2D eigenvalue weighted by Gasteiger charge is -2.12. The summed E-state index contributed by atoms with van der Waals surface area (Å²) < 4.78 is 10.8. The first kappa shape index (κ1) is 19.9. The molecule has 0 aliphatic rings. The van der Waals surface area contributed by atoms with Crippen molar-refractivity contribution in [2.75, 3.05) is 24.4 Å². The maximum atomic E-state index is 12.6. The number of hydrogen-bond donors (Lipinski definition) is 2. The molecule has 3 aromatic rings. The van der Waals surface area contributed by atoms with Crippen LogP contribution in [0.1, 0.15) is 27.6 Å². The minimum Gasteiger partial charge on any atom is -0.493 e. The van der Waals surface area contributed by atoms with Gasteiger partial charge >= 0.3 is 0 Å². The zero-order valence-corrected chi connectivity index (χ0v) is 16.1. The molecule has 2 N–H and O–H groups in total. The third-order valence-electron chi connectivity index (χ3n) is 4.05. The first-order valence-corrected chi connectivity index (χ1v) is 9.04. The summed E-state index contributed by atoms with van der Waals surface area (Å²) in [6, 6.07) is 15.1. The molecule has 1 aromatic heterocycles. The molecule has 0 fully saturated rings. The number of amides is 2. The van der Waals surface area contributed by atoms with Gasteiger partial charge in [0.2, 0.25) is 0 Å². The first-order chi connectivity index (χ1) is 14.1. The summed E-state index contributed by atoms with van der Waals surface area (Å²) in [5, 5.41) is 5.62. The van der Waals surface area contributed by atoms with Crippen LogP contribution in [0.15, 0.2) is 67.0 Å². The van der Waals surface area contributed by atoms with Crippen LogP contribution in [-0.4, -0.2) is 30.5 Å². The molecule has 0 aliphatic carbocycles. The third-order valence-corrected chi connectivity index (χ3v) is 4.05. The maximum absolute atomic E-state index is 12.6. The van der Waals surface area contributed by atoms with E-state index in [4.69, 9.17) is 9.47 Å². The summed E-state index contributed by atoms with van der Waals surface area (Å²) in [7, 11) is 1.54. The predicted molar refractivity (Wildman–Crippen MR) is 111 cm³/mol. The summed E-state index contributed by atoms with van der Waals surface area (Å²) in [6.45, 7) is 2.32. The van der Waals surface area contributed by atoms with Crippen molar-refractivity contribution in [2.45, 2.75) is 6.92 Å². The summed E-state index contributed by atoms with van der Waals surface area (Å²) in [6.07, 6.45) is 3.11. The van der Waals surface area contributed by atoms with Crippen LogP contribution in [0.25, 0.3) is 0 Å². The fourth-order valence-electron chi connectivity index (χ4n) is 2.67. The van der Waals surface area contributed by atoms with Crippen molar-refractivity contribution < 1.29 is 19.1 Å². The van der Waals surface area contributed by atoms with Gasteiger partial charge in [0, 0.05) is 34.9 Å². The number of ether oxygens (including phenoxy) is 2. The molecule has 2 amide bonds. The van der Waals surface area contributed by atoms with Crippen molar-refractivity contribution in [2.24, 2.45) is 0 Å².